The van der Waals surface area contributed by atoms with Gasteiger partial charge in [-0.1, -0.05) is 25.4 Å². The Morgan fingerprint density at radius 1 is 1.19 bits per heavy atom. The zero-order valence-electron chi connectivity index (χ0n) is 20.5. The quantitative estimate of drug-likeness (QED) is 0.454. The van der Waals surface area contributed by atoms with Crippen molar-refractivity contribution < 1.29 is 27.6 Å². The average molecular weight is 563 g/mol. The van der Waals surface area contributed by atoms with Crippen LogP contribution in [-0.4, -0.2) is 76.3 Å². The van der Waals surface area contributed by atoms with Crippen molar-refractivity contribution in [1.82, 2.24) is 9.97 Å². The zero-order valence-corrected chi connectivity index (χ0v) is 22.0. The van der Waals surface area contributed by atoms with Crippen molar-refractivity contribution in [3.05, 3.63) is 35.0 Å². The Hall–Kier alpha value is -2.48. The number of carboxylic acid groups (broad SMARTS) is 1. The molecule has 37 heavy (non-hydrogen) atoms. The van der Waals surface area contributed by atoms with E-state index in [-0.39, 0.29) is 6.04 Å². The van der Waals surface area contributed by atoms with Crippen molar-refractivity contribution in [2.45, 2.75) is 37.4 Å². The number of rotatable bonds is 6. The van der Waals surface area contributed by atoms with Crippen LogP contribution in [-0.2, 0) is 22.4 Å². The number of hydrogen-bond acceptors (Lipinski definition) is 8. The molecule has 1 saturated heterocycles. The lowest BCUT2D eigenvalue weighted by Crippen LogP contribution is -2.47. The number of benzene rings is 1. The number of hydrogen-bond donors (Lipinski definition) is 3. The lowest BCUT2D eigenvalue weighted by molar-refractivity contribution is -0.192. The maximum atomic E-state index is 12.5. The highest BCUT2D eigenvalue weighted by atomic mass is 35.5. The molecule has 2 atom stereocenters. The minimum Gasteiger partial charge on any atom is -0.611 e. The first-order valence-electron chi connectivity index (χ1n) is 11.7. The smallest absolute Gasteiger partial charge is 0.490 e. The number of nitrogens with one attached hydrogen (secondary N) is 1. The highest BCUT2D eigenvalue weighted by Crippen LogP contribution is 2.32. The van der Waals surface area contributed by atoms with E-state index >= 15 is 0 Å². The van der Waals surface area contributed by atoms with Crippen LogP contribution in [0.4, 0.5) is 30.6 Å². The van der Waals surface area contributed by atoms with Crippen LogP contribution < -0.4 is 20.9 Å². The molecule has 0 spiro atoms. The molecular weight excluding hydrogens is 533 g/mol. The number of aromatic nitrogens is 2. The monoisotopic (exact) mass is 562 g/mol. The normalized spacial score (nSPS) is 18.2. The minimum absolute atomic E-state index is 0.0109. The summed E-state index contributed by atoms with van der Waals surface area (Å²) in [5, 5.41) is 11.2. The summed E-state index contributed by atoms with van der Waals surface area (Å²) in [5.74, 6) is -0.389. The summed E-state index contributed by atoms with van der Waals surface area (Å²) in [6.45, 7) is 8.22. The SMILES string of the molecule is CC(C)[C@@H](N)CNc1nc(N2CCN(c3ccc(Cl)cc3)CC2)nc2c1[S+]([O-])CC2.O=C(O)C(F)(F)F. The summed E-state index contributed by atoms with van der Waals surface area (Å²) in [6.07, 6.45) is -4.35. The molecule has 4 rings (SSSR count). The second-order valence-corrected chi connectivity index (χ2v) is 10.9. The molecule has 0 aliphatic carbocycles. The average Bonchev–Trinajstić information content (AvgIpc) is 3.23. The van der Waals surface area contributed by atoms with Crippen LogP contribution in [0.5, 0.6) is 0 Å². The molecule has 4 N–H and O–H groups in total. The van der Waals surface area contributed by atoms with E-state index in [1.807, 2.05) is 12.1 Å². The first kappa shape index (κ1) is 29.1. The van der Waals surface area contributed by atoms with Gasteiger partial charge < -0.3 is 30.5 Å². The molecule has 0 saturated carbocycles. The molecule has 1 unspecified atom stereocenters. The molecule has 2 aromatic rings. The van der Waals surface area contributed by atoms with Crippen molar-refractivity contribution >= 4 is 46.2 Å². The maximum Gasteiger partial charge on any atom is 0.490 e. The van der Waals surface area contributed by atoms with Crippen molar-refractivity contribution in [3.63, 3.8) is 0 Å². The summed E-state index contributed by atoms with van der Waals surface area (Å²) in [6, 6.07) is 7.97. The highest BCUT2D eigenvalue weighted by Gasteiger charge is 2.38. The number of carboxylic acids is 1. The molecule has 2 aliphatic rings. The largest absolute Gasteiger partial charge is 0.611 e. The number of anilines is 3. The van der Waals surface area contributed by atoms with Gasteiger partial charge in [0.2, 0.25) is 10.8 Å². The molecule has 2 aliphatic heterocycles. The molecule has 1 aromatic carbocycles. The highest BCUT2D eigenvalue weighted by molar-refractivity contribution is 7.91. The van der Waals surface area contributed by atoms with Gasteiger partial charge in [0.05, 0.1) is 0 Å². The maximum absolute atomic E-state index is 12.5. The first-order valence-corrected chi connectivity index (χ1v) is 13.4. The van der Waals surface area contributed by atoms with Gasteiger partial charge in [-0.2, -0.15) is 18.2 Å². The van der Waals surface area contributed by atoms with Crippen LogP contribution in [0.3, 0.4) is 0 Å². The Bertz CT molecular complexity index is 1070. The lowest BCUT2D eigenvalue weighted by Gasteiger charge is -2.36. The molecule has 204 valence electrons. The van der Waals surface area contributed by atoms with Crippen molar-refractivity contribution in [1.29, 1.82) is 0 Å². The van der Waals surface area contributed by atoms with Crippen LogP contribution >= 0.6 is 11.6 Å². The first-order chi connectivity index (χ1) is 17.4. The van der Waals surface area contributed by atoms with Gasteiger partial charge in [-0.05, 0) is 41.4 Å². The third-order valence-corrected chi connectivity index (χ3v) is 7.75. The van der Waals surface area contributed by atoms with Crippen LogP contribution in [0.1, 0.15) is 19.5 Å². The van der Waals surface area contributed by atoms with E-state index in [9.17, 15) is 17.7 Å². The fourth-order valence-corrected chi connectivity index (χ4v) is 5.16. The predicted octanol–water partition coefficient (Wildman–Crippen LogP) is 3.15. The van der Waals surface area contributed by atoms with Gasteiger partial charge in [0, 0.05) is 55.9 Å². The molecule has 1 aromatic heterocycles. The van der Waals surface area contributed by atoms with Gasteiger partial charge >= 0.3 is 12.1 Å². The molecule has 0 bridgehead atoms. The number of nitrogens with zero attached hydrogens (tertiary/aromatic N) is 4. The summed E-state index contributed by atoms with van der Waals surface area (Å²) >= 11 is 4.96. The van der Waals surface area contributed by atoms with Gasteiger partial charge in [0.25, 0.3) is 0 Å². The molecule has 14 heteroatoms. The minimum atomic E-state index is -5.08. The van der Waals surface area contributed by atoms with Crippen LogP contribution in [0, 0.1) is 5.92 Å². The second-order valence-electron chi connectivity index (χ2n) is 8.99. The lowest BCUT2D eigenvalue weighted by atomic mass is 10.1. The van der Waals surface area contributed by atoms with E-state index in [2.05, 4.69) is 41.1 Å². The van der Waals surface area contributed by atoms with Crippen LogP contribution in [0.15, 0.2) is 29.2 Å². The van der Waals surface area contributed by atoms with Crippen molar-refractivity contribution in [3.8, 4) is 0 Å². The molecular formula is C23H30ClF3N6O3S. The molecule has 0 radical (unpaired) electrons. The van der Waals surface area contributed by atoms with Crippen molar-refractivity contribution in [2.75, 3.05) is 53.6 Å². The fourth-order valence-electron chi connectivity index (χ4n) is 3.71. The van der Waals surface area contributed by atoms with E-state index < -0.39 is 23.3 Å². The molecule has 1 fully saturated rings. The van der Waals surface area contributed by atoms with Crippen LogP contribution in [0.25, 0.3) is 0 Å². The van der Waals surface area contributed by atoms with Crippen LogP contribution in [0.2, 0.25) is 5.02 Å². The standard InChI is InChI=1S/C21H29ClN6OS.C2HF3O2/c1-14(2)17(23)13-24-20-19-18(7-12-30(19)29)25-21(26-20)28-10-8-27(9-11-28)16-5-3-15(22)4-6-16;3-2(4,5)1(6)7/h3-6,14,17H,7-13,23H2,1-2H3,(H,24,25,26);(H,6,7)/t17-,30?;/m0./s1. The van der Waals surface area contributed by atoms with E-state index in [4.69, 9.17) is 37.2 Å². The third-order valence-electron chi connectivity index (χ3n) is 6.03. The fraction of sp³-hybridized carbons (Fsp3) is 0.522. The summed E-state index contributed by atoms with van der Waals surface area (Å²) in [7, 11) is 0. The third kappa shape index (κ3) is 7.76. The number of fused-ring (bicyclic) bond motifs is 1. The van der Waals surface area contributed by atoms with E-state index in [0.717, 1.165) is 48.2 Å². The van der Waals surface area contributed by atoms with Gasteiger partial charge in [-0.25, -0.2) is 9.78 Å². The van der Waals surface area contributed by atoms with E-state index in [0.29, 0.717) is 30.0 Å². The molecule has 0 amide bonds. The zero-order chi connectivity index (χ0) is 27.3. The predicted molar refractivity (Wildman–Crippen MR) is 138 cm³/mol. The molecule has 9 nitrogen and oxygen atoms in total. The van der Waals surface area contributed by atoms with Gasteiger partial charge in [-0.3, -0.25) is 0 Å². The Morgan fingerprint density at radius 2 is 1.76 bits per heavy atom. The Labute approximate surface area is 221 Å². The van der Waals surface area contributed by atoms with Crippen molar-refractivity contribution in [2.24, 2.45) is 11.7 Å². The number of alkyl halides is 3. The number of halogens is 4. The number of aryl methyl sites for hydroxylation is 1. The molecule has 3 heterocycles. The summed E-state index contributed by atoms with van der Waals surface area (Å²) < 4.78 is 44.2. The Balaban J connectivity index is 0.000000479. The summed E-state index contributed by atoms with van der Waals surface area (Å²) in [5.41, 5.74) is 8.28. The number of piperazine rings is 1. The summed E-state index contributed by atoms with van der Waals surface area (Å²) in [4.78, 5) is 23.8. The second kappa shape index (κ2) is 12.4. The number of nitrogens with two attached hydrogens (primary N) is 1. The Kier molecular flexibility index (Phi) is 9.73. The van der Waals surface area contributed by atoms with E-state index in [1.54, 1.807) is 0 Å². The van der Waals surface area contributed by atoms with Gasteiger partial charge in [0.15, 0.2) is 5.82 Å². The van der Waals surface area contributed by atoms with E-state index in [1.165, 1.54) is 5.69 Å². The van der Waals surface area contributed by atoms with Gasteiger partial charge in [-0.15, -0.1) is 0 Å². The number of carbonyl (C=O) groups is 1. The van der Waals surface area contributed by atoms with Gasteiger partial charge in [0.1, 0.15) is 11.4 Å². The Morgan fingerprint density at radius 3 is 2.30 bits per heavy atom. The topological polar surface area (TPSA) is 131 Å². The number of aliphatic carboxylic acids is 1.